The molecule has 7 nitrogen and oxygen atoms in total. The predicted molar refractivity (Wildman–Crippen MR) is 139 cm³/mol. The lowest BCUT2D eigenvalue weighted by atomic mass is 10.0. The van der Waals surface area contributed by atoms with Crippen LogP contribution in [0.3, 0.4) is 0 Å². The highest BCUT2D eigenvalue weighted by molar-refractivity contribution is 5.14. The van der Waals surface area contributed by atoms with Gasteiger partial charge in [0, 0.05) is 6.61 Å². The van der Waals surface area contributed by atoms with Crippen LogP contribution in [0.4, 0.5) is 0 Å². The number of ether oxygens (including phenoxy) is 6. The van der Waals surface area contributed by atoms with Gasteiger partial charge in [-0.2, -0.15) is 0 Å². The van der Waals surface area contributed by atoms with E-state index in [1.807, 2.05) is 0 Å². The van der Waals surface area contributed by atoms with E-state index in [2.05, 4.69) is 30.3 Å². The summed E-state index contributed by atoms with van der Waals surface area (Å²) in [5.74, 6) is 0. The van der Waals surface area contributed by atoms with Gasteiger partial charge in [-0.05, 0) is 24.8 Å². The number of aliphatic hydroxyl groups is 1. The van der Waals surface area contributed by atoms with E-state index in [0.29, 0.717) is 72.7 Å². The second kappa shape index (κ2) is 27.5. The van der Waals surface area contributed by atoms with Crippen molar-refractivity contribution in [1.82, 2.24) is 0 Å². The summed E-state index contributed by atoms with van der Waals surface area (Å²) in [7, 11) is 0. The van der Waals surface area contributed by atoms with Gasteiger partial charge >= 0.3 is 0 Å². The molecule has 0 aliphatic rings. The lowest BCUT2D eigenvalue weighted by Gasteiger charge is -2.08. The summed E-state index contributed by atoms with van der Waals surface area (Å²) in [5.41, 5.74) is 1.46. The Hall–Kier alpha value is -1.06. The van der Waals surface area contributed by atoms with E-state index in [1.54, 1.807) is 0 Å². The second-order valence-electron chi connectivity index (χ2n) is 8.46. The third-order valence-corrected chi connectivity index (χ3v) is 5.44. The van der Waals surface area contributed by atoms with Gasteiger partial charge in [-0.3, -0.25) is 0 Å². The number of benzene rings is 1. The van der Waals surface area contributed by atoms with E-state index in [-0.39, 0.29) is 6.61 Å². The molecule has 0 heterocycles. The summed E-state index contributed by atoms with van der Waals surface area (Å²) in [6, 6.07) is 10.8. The zero-order valence-corrected chi connectivity index (χ0v) is 21.8. The SMILES string of the molecule is OCCOCCOCCOCCOCCOCCOCCCCCCCCCCc1ccccc1. The van der Waals surface area contributed by atoms with Crippen molar-refractivity contribution in [3.05, 3.63) is 35.9 Å². The van der Waals surface area contributed by atoms with Crippen molar-refractivity contribution in [1.29, 1.82) is 0 Å². The number of aliphatic hydroxyl groups excluding tert-OH is 1. The van der Waals surface area contributed by atoms with E-state index < -0.39 is 0 Å². The number of rotatable bonds is 28. The lowest BCUT2D eigenvalue weighted by Crippen LogP contribution is -2.14. The molecule has 204 valence electrons. The van der Waals surface area contributed by atoms with Gasteiger partial charge in [0.05, 0.1) is 79.3 Å². The van der Waals surface area contributed by atoms with Gasteiger partial charge in [0.1, 0.15) is 0 Å². The van der Waals surface area contributed by atoms with Gasteiger partial charge in [0.25, 0.3) is 0 Å². The minimum Gasteiger partial charge on any atom is -0.394 e. The van der Waals surface area contributed by atoms with Crippen LogP contribution >= 0.6 is 0 Å². The number of hydrogen-bond donors (Lipinski definition) is 1. The third kappa shape index (κ3) is 24.4. The van der Waals surface area contributed by atoms with E-state index in [4.69, 9.17) is 33.5 Å². The average Bonchev–Trinajstić information content (AvgIpc) is 2.89. The van der Waals surface area contributed by atoms with Gasteiger partial charge in [-0.25, -0.2) is 0 Å². The first-order valence-corrected chi connectivity index (χ1v) is 13.5. The number of unbranched alkanes of at least 4 members (excludes halogenated alkanes) is 7. The molecule has 1 rings (SSSR count). The van der Waals surface area contributed by atoms with Gasteiger partial charge in [-0.15, -0.1) is 0 Å². The summed E-state index contributed by atoms with van der Waals surface area (Å²) in [6.07, 6.45) is 11.6. The Bertz CT molecular complexity index is 515. The van der Waals surface area contributed by atoms with Crippen LogP contribution in [0.2, 0.25) is 0 Å². The molecule has 0 amide bonds. The molecule has 0 spiro atoms. The maximum absolute atomic E-state index is 8.56. The van der Waals surface area contributed by atoms with Crippen molar-refractivity contribution >= 4 is 0 Å². The first kappa shape index (κ1) is 32.0. The smallest absolute Gasteiger partial charge is 0.0701 e. The Morgan fingerprint density at radius 2 is 0.771 bits per heavy atom. The zero-order valence-electron chi connectivity index (χ0n) is 21.8. The number of hydrogen-bond acceptors (Lipinski definition) is 7. The molecule has 0 bridgehead atoms. The maximum Gasteiger partial charge on any atom is 0.0701 e. The molecule has 0 fully saturated rings. The van der Waals surface area contributed by atoms with Crippen LogP contribution in [0, 0.1) is 0 Å². The van der Waals surface area contributed by atoms with Crippen LogP contribution < -0.4 is 0 Å². The van der Waals surface area contributed by atoms with Crippen LogP contribution in [-0.4, -0.2) is 91.0 Å². The third-order valence-electron chi connectivity index (χ3n) is 5.44. The van der Waals surface area contributed by atoms with Gasteiger partial charge < -0.3 is 33.5 Å². The van der Waals surface area contributed by atoms with Gasteiger partial charge in [-0.1, -0.05) is 68.9 Å². The summed E-state index contributed by atoms with van der Waals surface area (Å²) in [5, 5.41) is 8.56. The Labute approximate surface area is 213 Å². The standard InChI is InChI=1S/C28H50O7/c29-15-17-31-19-21-33-23-25-35-27-26-34-24-22-32-20-18-30-16-11-6-4-2-1-3-5-8-12-28-13-9-7-10-14-28/h7,9-10,13-14,29H,1-6,8,11-12,15-27H2. The van der Waals surface area contributed by atoms with Gasteiger partial charge in [0.2, 0.25) is 0 Å². The molecule has 0 aliphatic carbocycles. The second-order valence-corrected chi connectivity index (χ2v) is 8.46. The van der Waals surface area contributed by atoms with E-state index in [0.717, 1.165) is 13.0 Å². The van der Waals surface area contributed by atoms with Crippen molar-refractivity contribution < 1.29 is 33.5 Å². The molecule has 1 aromatic rings. The molecular weight excluding hydrogens is 448 g/mol. The maximum atomic E-state index is 8.56. The molecule has 0 aliphatic heterocycles. The molecule has 0 radical (unpaired) electrons. The molecule has 1 aromatic carbocycles. The molecule has 0 unspecified atom stereocenters. The summed E-state index contributed by atoms with van der Waals surface area (Å²) < 4.78 is 32.4. The van der Waals surface area contributed by atoms with E-state index in [9.17, 15) is 0 Å². The monoisotopic (exact) mass is 498 g/mol. The quantitative estimate of drug-likeness (QED) is 0.171. The fourth-order valence-electron chi connectivity index (χ4n) is 3.50. The molecule has 7 heteroatoms. The van der Waals surface area contributed by atoms with Crippen molar-refractivity contribution in [3.63, 3.8) is 0 Å². The van der Waals surface area contributed by atoms with E-state index >= 15 is 0 Å². The number of aryl methyl sites for hydroxylation is 1. The molecule has 0 saturated heterocycles. The minimum atomic E-state index is 0.0407. The van der Waals surface area contributed by atoms with Crippen molar-refractivity contribution in [2.24, 2.45) is 0 Å². The highest BCUT2D eigenvalue weighted by Crippen LogP contribution is 2.11. The molecule has 0 atom stereocenters. The van der Waals surface area contributed by atoms with Crippen LogP contribution in [0.1, 0.15) is 56.9 Å². The van der Waals surface area contributed by atoms with Crippen molar-refractivity contribution in [3.8, 4) is 0 Å². The summed E-state index contributed by atoms with van der Waals surface area (Å²) in [4.78, 5) is 0. The van der Waals surface area contributed by atoms with Crippen LogP contribution in [0.5, 0.6) is 0 Å². The Kier molecular flexibility index (Phi) is 25.1. The normalized spacial score (nSPS) is 11.3. The predicted octanol–water partition coefficient (Wildman–Crippen LogP) is 4.44. The van der Waals surface area contributed by atoms with Crippen LogP contribution in [0.25, 0.3) is 0 Å². The lowest BCUT2D eigenvalue weighted by molar-refractivity contribution is -0.0182. The highest BCUT2D eigenvalue weighted by Gasteiger charge is 1.96. The first-order valence-electron chi connectivity index (χ1n) is 13.5. The molecule has 0 saturated carbocycles. The molecule has 0 aromatic heterocycles. The van der Waals surface area contributed by atoms with Gasteiger partial charge in [0.15, 0.2) is 0 Å². The first-order chi connectivity index (χ1) is 17.4. The van der Waals surface area contributed by atoms with Crippen LogP contribution in [0.15, 0.2) is 30.3 Å². The fraction of sp³-hybridized carbons (Fsp3) is 0.786. The minimum absolute atomic E-state index is 0.0407. The summed E-state index contributed by atoms with van der Waals surface area (Å²) >= 11 is 0. The summed E-state index contributed by atoms with van der Waals surface area (Å²) in [6.45, 7) is 6.78. The largest absolute Gasteiger partial charge is 0.394 e. The highest BCUT2D eigenvalue weighted by atomic mass is 16.6. The molecular formula is C28H50O7. The van der Waals surface area contributed by atoms with Crippen molar-refractivity contribution in [2.75, 3.05) is 85.9 Å². The van der Waals surface area contributed by atoms with Crippen LogP contribution in [-0.2, 0) is 34.8 Å². The molecule has 35 heavy (non-hydrogen) atoms. The Morgan fingerprint density at radius 1 is 0.400 bits per heavy atom. The zero-order chi connectivity index (χ0) is 24.9. The fourth-order valence-corrected chi connectivity index (χ4v) is 3.50. The Morgan fingerprint density at radius 3 is 1.23 bits per heavy atom. The topological polar surface area (TPSA) is 75.6 Å². The average molecular weight is 499 g/mol. The van der Waals surface area contributed by atoms with E-state index in [1.165, 1.54) is 56.9 Å². The van der Waals surface area contributed by atoms with Crippen molar-refractivity contribution in [2.45, 2.75) is 57.8 Å². The molecule has 1 N–H and O–H groups in total. The Balaban J connectivity index is 1.63.